The average molecular weight is 471 g/mol. The van der Waals surface area contributed by atoms with E-state index in [-0.39, 0.29) is 36.4 Å². The van der Waals surface area contributed by atoms with Gasteiger partial charge in [0.1, 0.15) is 6.61 Å². The SMILES string of the molecule is [Cl-].[NH3+]OCCOCCOCCOCCNC(=O)CCCCC1SCC2NC(=O)NC21. The Morgan fingerprint density at radius 3 is 2.40 bits per heavy atom. The molecule has 2 rings (SSSR count). The van der Waals surface area contributed by atoms with Crippen LogP contribution < -0.4 is 34.3 Å². The summed E-state index contributed by atoms with van der Waals surface area (Å²) in [6.45, 7) is 4.00. The molecule has 0 saturated carbocycles. The van der Waals surface area contributed by atoms with E-state index in [9.17, 15) is 9.59 Å². The Morgan fingerprint density at radius 1 is 1.03 bits per heavy atom. The summed E-state index contributed by atoms with van der Waals surface area (Å²) in [4.78, 5) is 27.8. The van der Waals surface area contributed by atoms with Crippen LogP contribution in [-0.2, 0) is 23.8 Å². The molecule has 0 spiro atoms. The Balaban J connectivity index is 0.00000450. The molecule has 3 unspecified atom stereocenters. The smallest absolute Gasteiger partial charge is 0.315 e. The summed E-state index contributed by atoms with van der Waals surface area (Å²) < 4.78 is 16.0. The van der Waals surface area contributed by atoms with Crippen LogP contribution in [0.5, 0.6) is 0 Å². The predicted octanol–water partition coefficient (Wildman–Crippen LogP) is -3.94. The molecule has 2 aliphatic heterocycles. The number of quaternary nitrogens is 1. The van der Waals surface area contributed by atoms with Gasteiger partial charge in [0, 0.05) is 24.0 Å². The van der Waals surface area contributed by atoms with Gasteiger partial charge < -0.3 is 42.6 Å². The van der Waals surface area contributed by atoms with E-state index in [1.54, 1.807) is 0 Å². The Labute approximate surface area is 188 Å². The number of hydrogen-bond donors (Lipinski definition) is 4. The highest BCUT2D eigenvalue weighted by Crippen LogP contribution is 2.33. The number of rotatable bonds is 17. The number of carbonyl (C=O) groups is 2. The van der Waals surface area contributed by atoms with Gasteiger partial charge in [0.15, 0.2) is 0 Å². The van der Waals surface area contributed by atoms with Gasteiger partial charge in [-0.1, -0.05) is 6.42 Å². The zero-order chi connectivity index (χ0) is 20.7. The Bertz CT molecular complexity index is 494. The highest BCUT2D eigenvalue weighted by molar-refractivity contribution is 8.00. The Hall–Kier alpha value is -0.820. The van der Waals surface area contributed by atoms with Crippen molar-refractivity contribution in [3.05, 3.63) is 0 Å². The van der Waals surface area contributed by atoms with Gasteiger partial charge in [0.2, 0.25) is 5.91 Å². The molecule has 0 aliphatic carbocycles. The van der Waals surface area contributed by atoms with Crippen LogP contribution in [0.4, 0.5) is 4.79 Å². The molecular weight excluding hydrogens is 436 g/mol. The van der Waals surface area contributed by atoms with E-state index in [4.69, 9.17) is 14.2 Å². The monoisotopic (exact) mass is 470 g/mol. The van der Waals surface area contributed by atoms with Crippen molar-refractivity contribution in [1.29, 1.82) is 0 Å². The maximum absolute atomic E-state index is 11.9. The fourth-order valence-corrected chi connectivity index (χ4v) is 4.83. The molecule has 6 N–H and O–H groups in total. The molecule has 2 saturated heterocycles. The molecule has 12 heteroatoms. The molecule has 10 nitrogen and oxygen atoms in total. The van der Waals surface area contributed by atoms with E-state index in [0.29, 0.717) is 64.5 Å². The fraction of sp³-hybridized carbons (Fsp3) is 0.889. The number of fused-ring (bicyclic) bond motifs is 1. The zero-order valence-corrected chi connectivity index (χ0v) is 18.9. The van der Waals surface area contributed by atoms with Crippen LogP contribution in [0.1, 0.15) is 25.7 Å². The van der Waals surface area contributed by atoms with Crippen LogP contribution in [0.15, 0.2) is 0 Å². The van der Waals surface area contributed by atoms with Crippen molar-refractivity contribution in [3.8, 4) is 0 Å². The zero-order valence-electron chi connectivity index (χ0n) is 17.4. The molecular formula is C18H35ClN4O6S. The summed E-state index contributed by atoms with van der Waals surface area (Å²) in [7, 11) is 0. The quantitative estimate of drug-likeness (QED) is 0.0968. The molecule has 2 heterocycles. The summed E-state index contributed by atoms with van der Waals surface area (Å²) in [5.41, 5.74) is 0. The van der Waals surface area contributed by atoms with Gasteiger partial charge in [0.05, 0.1) is 51.7 Å². The van der Waals surface area contributed by atoms with E-state index in [2.05, 4.69) is 26.7 Å². The standard InChI is InChI=1S/C18H34N4O6S.ClH/c19-28-12-11-27-10-9-26-8-7-25-6-5-20-16(23)4-2-1-3-15-17-14(13-29-15)21-18(24)22-17;/h14-15,17H,1-13H2,19H3,(H2-,20,21,22,23,24);1H. The van der Waals surface area contributed by atoms with E-state index < -0.39 is 0 Å². The van der Waals surface area contributed by atoms with Gasteiger partial charge in [-0.25, -0.2) is 15.5 Å². The first-order valence-electron chi connectivity index (χ1n) is 10.3. The summed E-state index contributed by atoms with van der Waals surface area (Å²) in [6.07, 6.45) is 3.40. The first-order chi connectivity index (χ1) is 14.2. The molecule has 30 heavy (non-hydrogen) atoms. The average Bonchev–Trinajstić information content (AvgIpc) is 3.25. The van der Waals surface area contributed by atoms with Crippen LogP contribution in [0.3, 0.4) is 0 Å². The number of nitrogens with one attached hydrogen (secondary N) is 3. The maximum atomic E-state index is 11.9. The van der Waals surface area contributed by atoms with Crippen molar-refractivity contribution in [2.75, 3.05) is 58.5 Å². The van der Waals surface area contributed by atoms with Crippen molar-refractivity contribution >= 4 is 23.7 Å². The van der Waals surface area contributed by atoms with E-state index in [1.165, 1.54) is 0 Å². The molecule has 2 fully saturated rings. The summed E-state index contributed by atoms with van der Waals surface area (Å²) in [6, 6.07) is 0.449. The minimum absolute atomic E-state index is 0. The van der Waals surface area contributed by atoms with Crippen molar-refractivity contribution in [2.45, 2.75) is 43.0 Å². The minimum atomic E-state index is -0.0524. The summed E-state index contributed by atoms with van der Waals surface area (Å²) in [5, 5.41) is 9.26. The molecule has 3 amide bonds. The van der Waals surface area contributed by atoms with Crippen molar-refractivity contribution in [1.82, 2.24) is 16.0 Å². The number of unbranched alkanes of at least 4 members (excludes halogenated alkanes) is 1. The third kappa shape index (κ3) is 11.0. The van der Waals surface area contributed by atoms with Crippen LogP contribution >= 0.6 is 11.8 Å². The van der Waals surface area contributed by atoms with Crippen LogP contribution in [0.25, 0.3) is 0 Å². The Morgan fingerprint density at radius 2 is 1.70 bits per heavy atom. The van der Waals surface area contributed by atoms with Crippen molar-refractivity contribution in [3.63, 3.8) is 0 Å². The number of ether oxygens (including phenoxy) is 3. The molecule has 0 radical (unpaired) electrons. The lowest BCUT2D eigenvalue weighted by Gasteiger charge is -2.16. The van der Waals surface area contributed by atoms with Crippen LogP contribution in [0, 0.1) is 0 Å². The molecule has 0 bridgehead atoms. The number of urea groups is 1. The second-order valence-electron chi connectivity index (χ2n) is 6.96. The van der Waals surface area contributed by atoms with Crippen LogP contribution in [-0.4, -0.2) is 87.8 Å². The molecule has 176 valence electrons. The first kappa shape index (κ1) is 27.2. The van der Waals surface area contributed by atoms with E-state index in [0.717, 1.165) is 25.0 Å². The minimum Gasteiger partial charge on any atom is -1.00 e. The van der Waals surface area contributed by atoms with Gasteiger partial charge in [-0.05, 0) is 12.8 Å². The second-order valence-corrected chi connectivity index (χ2v) is 8.24. The second kappa shape index (κ2) is 16.8. The summed E-state index contributed by atoms with van der Waals surface area (Å²) in [5.74, 6) is 4.28. The lowest BCUT2D eigenvalue weighted by molar-refractivity contribution is -0.689. The third-order valence-electron chi connectivity index (χ3n) is 4.77. The lowest BCUT2D eigenvalue weighted by Crippen LogP contribution is -3.00. The van der Waals surface area contributed by atoms with Gasteiger partial charge >= 0.3 is 6.03 Å². The van der Waals surface area contributed by atoms with Gasteiger partial charge in [-0.15, -0.1) is 0 Å². The van der Waals surface area contributed by atoms with Crippen molar-refractivity contribution in [2.24, 2.45) is 0 Å². The molecule has 3 atom stereocenters. The lowest BCUT2D eigenvalue weighted by atomic mass is 10.0. The maximum Gasteiger partial charge on any atom is 0.315 e. The molecule has 0 aromatic heterocycles. The highest BCUT2D eigenvalue weighted by Gasteiger charge is 2.42. The fourth-order valence-electron chi connectivity index (χ4n) is 3.28. The number of thioether (sulfide) groups is 1. The number of halogens is 1. The number of amides is 3. The van der Waals surface area contributed by atoms with Gasteiger partial charge in [0.25, 0.3) is 0 Å². The van der Waals surface area contributed by atoms with E-state index >= 15 is 0 Å². The number of carbonyl (C=O) groups excluding carboxylic acids is 2. The normalized spacial score (nSPS) is 22.2. The van der Waals surface area contributed by atoms with Gasteiger partial charge in [-0.3, -0.25) is 4.79 Å². The summed E-state index contributed by atoms with van der Waals surface area (Å²) >= 11 is 1.91. The van der Waals surface area contributed by atoms with E-state index in [1.807, 2.05) is 11.8 Å². The Kier molecular flexibility index (Phi) is 15.3. The highest BCUT2D eigenvalue weighted by atomic mass is 35.5. The number of hydrogen-bond acceptors (Lipinski definition) is 7. The molecule has 0 aromatic carbocycles. The van der Waals surface area contributed by atoms with Crippen molar-refractivity contribution < 1.29 is 46.9 Å². The molecule has 0 aromatic rings. The third-order valence-corrected chi connectivity index (χ3v) is 6.27. The molecule has 2 aliphatic rings. The topological polar surface area (TPSA) is 135 Å². The largest absolute Gasteiger partial charge is 1.00 e. The van der Waals surface area contributed by atoms with Gasteiger partial charge in [-0.2, -0.15) is 11.8 Å². The first-order valence-corrected chi connectivity index (χ1v) is 11.3. The van der Waals surface area contributed by atoms with Crippen LogP contribution in [0.2, 0.25) is 0 Å². The predicted molar refractivity (Wildman–Crippen MR) is 108 cm³/mol.